The van der Waals surface area contributed by atoms with Crippen molar-refractivity contribution in [3.63, 3.8) is 0 Å². The van der Waals surface area contributed by atoms with Crippen LogP contribution in [0.25, 0.3) is 0 Å². The molecule has 0 saturated heterocycles. The number of para-hydroxylation sites is 1. The quantitative estimate of drug-likeness (QED) is 0.752. The summed E-state index contributed by atoms with van der Waals surface area (Å²) in [6.45, 7) is 1.05. The summed E-state index contributed by atoms with van der Waals surface area (Å²) in [6.07, 6.45) is 2.50. The smallest absolute Gasteiger partial charge is 0.322 e. The lowest BCUT2D eigenvalue weighted by molar-refractivity contribution is 0.246. The number of fused-ring (bicyclic) bond motifs is 1. The van der Waals surface area contributed by atoms with Crippen molar-refractivity contribution in [3.8, 4) is 11.6 Å². The van der Waals surface area contributed by atoms with E-state index in [4.69, 9.17) is 4.74 Å². The van der Waals surface area contributed by atoms with Crippen LogP contribution in [0.4, 0.5) is 14.9 Å². The number of carbonyl (C=O) groups is 1. The van der Waals surface area contributed by atoms with Crippen LogP contribution < -0.4 is 15.0 Å². The number of anilines is 1. The molecule has 0 atom stereocenters. The fraction of sp³-hybridized carbons (Fsp3) is 0.143. The molecule has 2 heterocycles. The molecule has 0 spiro atoms. The molecule has 4 rings (SSSR count). The van der Waals surface area contributed by atoms with Crippen molar-refractivity contribution in [1.29, 1.82) is 0 Å². The number of halogens is 1. The van der Waals surface area contributed by atoms with E-state index in [9.17, 15) is 9.18 Å². The molecule has 5 nitrogen and oxygen atoms in total. The average Bonchev–Trinajstić information content (AvgIpc) is 3.11. The molecule has 0 bridgehead atoms. The maximum atomic E-state index is 13.2. The standard InChI is InChI=1S/C21H18FN3O2/c22-17-5-3-6-18(12-17)27-20-9-8-15(13-23-20)14-24-21(26)25-11-10-16-4-1-2-7-19(16)25/h1-9,12-13H,10-11,14H2,(H,24,26). The van der Waals surface area contributed by atoms with Crippen molar-refractivity contribution in [2.75, 3.05) is 11.4 Å². The predicted octanol–water partition coefficient (Wildman–Crippen LogP) is 4.29. The molecule has 27 heavy (non-hydrogen) atoms. The molecule has 0 aliphatic carbocycles. The second kappa shape index (κ2) is 7.45. The number of nitrogens with zero attached hydrogens (tertiary/aromatic N) is 2. The number of pyridine rings is 1. The minimum Gasteiger partial charge on any atom is -0.439 e. The lowest BCUT2D eigenvalue weighted by Crippen LogP contribution is -2.38. The summed E-state index contributed by atoms with van der Waals surface area (Å²) in [5.74, 6) is 0.385. The first kappa shape index (κ1) is 17.0. The molecule has 2 amide bonds. The first-order valence-electron chi connectivity index (χ1n) is 8.71. The third-order valence-corrected chi connectivity index (χ3v) is 4.39. The number of urea groups is 1. The topological polar surface area (TPSA) is 54.5 Å². The van der Waals surface area contributed by atoms with Crippen molar-refractivity contribution in [3.05, 3.63) is 83.8 Å². The van der Waals surface area contributed by atoms with E-state index < -0.39 is 0 Å². The Morgan fingerprint density at radius 3 is 2.85 bits per heavy atom. The van der Waals surface area contributed by atoms with Crippen LogP contribution in [0.5, 0.6) is 11.6 Å². The first-order chi connectivity index (χ1) is 13.2. The molecule has 0 radical (unpaired) electrons. The minimum absolute atomic E-state index is 0.125. The Bertz CT molecular complexity index is 960. The highest BCUT2D eigenvalue weighted by Gasteiger charge is 2.23. The Morgan fingerprint density at radius 1 is 1.15 bits per heavy atom. The van der Waals surface area contributed by atoms with Gasteiger partial charge in [-0.2, -0.15) is 0 Å². The van der Waals surface area contributed by atoms with Gasteiger partial charge in [0.2, 0.25) is 5.88 Å². The molecule has 0 unspecified atom stereocenters. The molecule has 3 aromatic rings. The Balaban J connectivity index is 1.34. The van der Waals surface area contributed by atoms with Crippen LogP contribution in [-0.4, -0.2) is 17.6 Å². The van der Waals surface area contributed by atoms with Gasteiger partial charge in [-0.15, -0.1) is 0 Å². The second-order valence-electron chi connectivity index (χ2n) is 6.25. The van der Waals surface area contributed by atoms with Gasteiger partial charge in [-0.3, -0.25) is 4.90 Å². The lowest BCUT2D eigenvalue weighted by atomic mass is 10.2. The van der Waals surface area contributed by atoms with E-state index >= 15 is 0 Å². The van der Waals surface area contributed by atoms with Gasteiger partial charge in [-0.25, -0.2) is 14.2 Å². The van der Waals surface area contributed by atoms with Gasteiger partial charge in [-0.1, -0.05) is 30.3 Å². The van der Waals surface area contributed by atoms with Gasteiger partial charge in [0.1, 0.15) is 11.6 Å². The van der Waals surface area contributed by atoms with E-state index in [2.05, 4.69) is 10.3 Å². The maximum Gasteiger partial charge on any atom is 0.322 e. The Hall–Kier alpha value is -3.41. The van der Waals surface area contributed by atoms with Crippen LogP contribution in [-0.2, 0) is 13.0 Å². The fourth-order valence-corrected chi connectivity index (χ4v) is 3.05. The van der Waals surface area contributed by atoms with Gasteiger partial charge in [0, 0.05) is 37.1 Å². The number of ether oxygens (including phenoxy) is 1. The van der Waals surface area contributed by atoms with Gasteiger partial charge in [0.15, 0.2) is 0 Å². The fourth-order valence-electron chi connectivity index (χ4n) is 3.05. The maximum absolute atomic E-state index is 13.2. The summed E-state index contributed by atoms with van der Waals surface area (Å²) < 4.78 is 18.7. The zero-order chi connectivity index (χ0) is 18.6. The average molecular weight is 363 g/mol. The third kappa shape index (κ3) is 3.89. The molecule has 0 fully saturated rings. The van der Waals surface area contributed by atoms with Crippen LogP contribution in [0.1, 0.15) is 11.1 Å². The van der Waals surface area contributed by atoms with E-state index in [1.165, 1.54) is 17.7 Å². The molecule has 1 aliphatic heterocycles. The molecule has 2 aromatic carbocycles. The van der Waals surface area contributed by atoms with Crippen molar-refractivity contribution < 1.29 is 13.9 Å². The van der Waals surface area contributed by atoms with Crippen LogP contribution >= 0.6 is 0 Å². The normalized spacial score (nSPS) is 12.6. The van der Waals surface area contributed by atoms with Gasteiger partial charge in [-0.05, 0) is 35.7 Å². The van der Waals surface area contributed by atoms with Gasteiger partial charge in [0.05, 0.1) is 0 Å². The molecule has 1 aromatic heterocycles. The van der Waals surface area contributed by atoms with Gasteiger partial charge in [0.25, 0.3) is 0 Å². The highest BCUT2D eigenvalue weighted by Crippen LogP contribution is 2.27. The predicted molar refractivity (Wildman–Crippen MR) is 100 cm³/mol. The summed E-state index contributed by atoms with van der Waals surface area (Å²) in [5, 5.41) is 2.91. The zero-order valence-corrected chi connectivity index (χ0v) is 14.6. The van der Waals surface area contributed by atoms with E-state index in [1.54, 1.807) is 29.3 Å². The summed E-state index contributed by atoms with van der Waals surface area (Å²) >= 11 is 0. The molecule has 136 valence electrons. The highest BCUT2D eigenvalue weighted by molar-refractivity contribution is 5.94. The van der Waals surface area contributed by atoms with Crippen molar-refractivity contribution in [2.24, 2.45) is 0 Å². The monoisotopic (exact) mass is 363 g/mol. The summed E-state index contributed by atoms with van der Waals surface area (Å²) in [6, 6.07) is 17.2. The van der Waals surface area contributed by atoms with Crippen LogP contribution in [0.3, 0.4) is 0 Å². The Labute approximate surface area is 156 Å². The van der Waals surface area contributed by atoms with E-state index in [1.807, 2.05) is 30.3 Å². The van der Waals surface area contributed by atoms with E-state index in [0.717, 1.165) is 17.7 Å². The van der Waals surface area contributed by atoms with Crippen LogP contribution in [0, 0.1) is 5.82 Å². The van der Waals surface area contributed by atoms with Gasteiger partial charge < -0.3 is 10.1 Å². The molecular weight excluding hydrogens is 345 g/mol. The third-order valence-electron chi connectivity index (χ3n) is 4.39. The van der Waals surface area contributed by atoms with Crippen LogP contribution in [0.2, 0.25) is 0 Å². The molecule has 1 aliphatic rings. The van der Waals surface area contributed by atoms with E-state index in [0.29, 0.717) is 24.7 Å². The minimum atomic E-state index is -0.365. The lowest BCUT2D eigenvalue weighted by Gasteiger charge is -2.18. The van der Waals surface area contributed by atoms with Crippen molar-refractivity contribution >= 4 is 11.7 Å². The molecular formula is C21H18FN3O2. The SMILES string of the molecule is O=C(NCc1ccc(Oc2cccc(F)c2)nc1)N1CCc2ccccc21. The summed E-state index contributed by atoms with van der Waals surface area (Å²) in [7, 11) is 0. The first-order valence-corrected chi connectivity index (χ1v) is 8.71. The highest BCUT2D eigenvalue weighted by atomic mass is 19.1. The van der Waals surface area contributed by atoms with Gasteiger partial charge >= 0.3 is 6.03 Å². The number of amides is 2. The summed E-state index contributed by atoms with van der Waals surface area (Å²) in [5.41, 5.74) is 3.00. The zero-order valence-electron chi connectivity index (χ0n) is 14.6. The Morgan fingerprint density at radius 2 is 2.04 bits per heavy atom. The number of hydrogen-bond donors (Lipinski definition) is 1. The number of nitrogens with one attached hydrogen (secondary N) is 1. The number of carbonyl (C=O) groups excluding carboxylic acids is 1. The number of benzene rings is 2. The molecule has 6 heteroatoms. The van der Waals surface area contributed by atoms with Crippen LogP contribution in [0.15, 0.2) is 66.9 Å². The number of hydrogen-bond acceptors (Lipinski definition) is 3. The molecule has 1 N–H and O–H groups in total. The van der Waals surface area contributed by atoms with Crippen molar-refractivity contribution in [1.82, 2.24) is 10.3 Å². The van der Waals surface area contributed by atoms with E-state index in [-0.39, 0.29) is 11.8 Å². The summed E-state index contributed by atoms with van der Waals surface area (Å²) in [4.78, 5) is 18.4. The molecule has 0 saturated carbocycles. The largest absolute Gasteiger partial charge is 0.439 e. The number of rotatable bonds is 4. The number of aromatic nitrogens is 1. The Kier molecular flexibility index (Phi) is 4.70. The van der Waals surface area contributed by atoms with Crippen molar-refractivity contribution in [2.45, 2.75) is 13.0 Å². The second-order valence-corrected chi connectivity index (χ2v) is 6.25.